The van der Waals surface area contributed by atoms with E-state index in [0.717, 1.165) is 35.8 Å². The van der Waals surface area contributed by atoms with Gasteiger partial charge in [0.1, 0.15) is 22.0 Å². The maximum atomic E-state index is 13.3. The van der Waals surface area contributed by atoms with E-state index in [9.17, 15) is 4.39 Å². The molecule has 3 heterocycles. The van der Waals surface area contributed by atoms with E-state index in [0.29, 0.717) is 6.04 Å². The van der Waals surface area contributed by atoms with Crippen LogP contribution in [0.1, 0.15) is 12.8 Å². The first-order valence-electron chi connectivity index (χ1n) is 8.02. The zero-order chi connectivity index (χ0) is 17.5. The van der Waals surface area contributed by atoms with E-state index in [1.165, 1.54) is 48.1 Å². The molecular formula is C17H12FN5S3. The Hall–Kier alpha value is -2.10. The van der Waals surface area contributed by atoms with Gasteiger partial charge in [0.25, 0.3) is 0 Å². The fourth-order valence-corrected chi connectivity index (χ4v) is 5.39. The zero-order valence-electron chi connectivity index (χ0n) is 13.3. The van der Waals surface area contributed by atoms with Crippen LogP contribution < -0.4 is 5.32 Å². The molecule has 1 fully saturated rings. The highest BCUT2D eigenvalue weighted by atomic mass is 32.2. The molecule has 26 heavy (non-hydrogen) atoms. The van der Waals surface area contributed by atoms with E-state index >= 15 is 0 Å². The van der Waals surface area contributed by atoms with E-state index in [4.69, 9.17) is 0 Å². The Bertz CT molecular complexity index is 1070. The first-order chi connectivity index (χ1) is 12.8. The van der Waals surface area contributed by atoms with Crippen LogP contribution in [0, 0.1) is 5.82 Å². The molecule has 130 valence electrons. The molecule has 5 nitrogen and oxygen atoms in total. The predicted octanol–water partition coefficient (Wildman–Crippen LogP) is 5.07. The van der Waals surface area contributed by atoms with Gasteiger partial charge in [0.2, 0.25) is 5.13 Å². The van der Waals surface area contributed by atoms with Crippen molar-refractivity contribution < 1.29 is 4.39 Å². The fraction of sp³-hybridized carbons (Fsp3) is 0.176. The quantitative estimate of drug-likeness (QED) is 0.471. The van der Waals surface area contributed by atoms with Crippen LogP contribution in [-0.4, -0.2) is 26.2 Å². The summed E-state index contributed by atoms with van der Waals surface area (Å²) < 4.78 is 14.1. The first-order valence-corrected chi connectivity index (χ1v) is 10.5. The normalized spacial score (nSPS) is 14.0. The summed E-state index contributed by atoms with van der Waals surface area (Å²) in [4.78, 5) is 9.74. The van der Waals surface area contributed by atoms with Gasteiger partial charge in [-0.05, 0) is 42.3 Å². The lowest BCUT2D eigenvalue weighted by molar-refractivity contribution is 0.628. The van der Waals surface area contributed by atoms with Gasteiger partial charge in [-0.3, -0.25) is 0 Å². The van der Waals surface area contributed by atoms with E-state index in [1.54, 1.807) is 29.8 Å². The Morgan fingerprint density at radius 2 is 1.96 bits per heavy atom. The molecule has 1 aliphatic rings. The Labute approximate surface area is 160 Å². The summed E-state index contributed by atoms with van der Waals surface area (Å²) in [6.45, 7) is 0. The van der Waals surface area contributed by atoms with Gasteiger partial charge >= 0.3 is 0 Å². The molecule has 0 unspecified atom stereocenters. The van der Waals surface area contributed by atoms with E-state index in [1.807, 2.05) is 5.38 Å². The lowest BCUT2D eigenvalue weighted by atomic mass is 10.1. The van der Waals surface area contributed by atoms with Crippen LogP contribution in [0.2, 0.25) is 0 Å². The number of hydrogen-bond donors (Lipinski definition) is 1. The molecule has 4 aromatic rings. The number of hydrogen-bond acceptors (Lipinski definition) is 8. The van der Waals surface area contributed by atoms with Gasteiger partial charge in [-0.2, -0.15) is 0 Å². The second-order valence-electron chi connectivity index (χ2n) is 5.91. The van der Waals surface area contributed by atoms with Crippen LogP contribution in [0.15, 0.2) is 45.3 Å². The maximum absolute atomic E-state index is 13.3. The van der Waals surface area contributed by atoms with Crippen LogP contribution in [0.3, 0.4) is 0 Å². The van der Waals surface area contributed by atoms with Crippen LogP contribution in [0.4, 0.5) is 9.52 Å². The molecule has 1 saturated carbocycles. The number of fused-ring (bicyclic) bond motifs is 1. The molecule has 0 atom stereocenters. The van der Waals surface area contributed by atoms with Gasteiger partial charge in [0.15, 0.2) is 4.34 Å². The largest absolute Gasteiger partial charge is 0.357 e. The first kappa shape index (κ1) is 16.1. The smallest absolute Gasteiger partial charge is 0.206 e. The van der Waals surface area contributed by atoms with Gasteiger partial charge in [-0.15, -0.1) is 21.5 Å². The number of nitrogens with zero attached hydrogens (tertiary/aromatic N) is 4. The van der Waals surface area contributed by atoms with Crippen molar-refractivity contribution in [3.05, 3.63) is 41.8 Å². The minimum Gasteiger partial charge on any atom is -0.357 e. The van der Waals surface area contributed by atoms with Gasteiger partial charge in [0, 0.05) is 17.0 Å². The average Bonchev–Trinajstić information content (AvgIpc) is 3.17. The van der Waals surface area contributed by atoms with E-state index < -0.39 is 0 Å². The summed E-state index contributed by atoms with van der Waals surface area (Å²) in [6, 6.07) is 7.04. The van der Waals surface area contributed by atoms with Crippen molar-refractivity contribution in [3.63, 3.8) is 0 Å². The third-order valence-electron chi connectivity index (χ3n) is 3.99. The molecule has 0 spiro atoms. The molecule has 0 saturated heterocycles. The molecule has 0 radical (unpaired) electrons. The Kier molecular flexibility index (Phi) is 4.07. The third kappa shape index (κ3) is 3.17. The van der Waals surface area contributed by atoms with Gasteiger partial charge in [0.05, 0.1) is 5.39 Å². The molecule has 1 N–H and O–H groups in total. The summed E-state index contributed by atoms with van der Waals surface area (Å²) >= 11 is 4.58. The number of rotatable bonds is 5. The highest BCUT2D eigenvalue weighted by Gasteiger charge is 2.23. The average molecular weight is 402 g/mol. The summed E-state index contributed by atoms with van der Waals surface area (Å²) in [5.74, 6) is -0.247. The highest BCUT2D eigenvalue weighted by Crippen LogP contribution is 2.41. The molecule has 0 aliphatic heterocycles. The number of benzene rings is 1. The van der Waals surface area contributed by atoms with Gasteiger partial charge in [-0.1, -0.05) is 23.5 Å². The van der Waals surface area contributed by atoms with Crippen molar-refractivity contribution in [1.82, 2.24) is 20.2 Å². The number of thiophene rings is 1. The van der Waals surface area contributed by atoms with Crippen LogP contribution >= 0.6 is 34.4 Å². The standard InChI is InChI=1S/C17H12FN5S3/c18-10-3-1-9(2-4-10)12-7-24-14-13(12)15(20-8-19-14)25-17-23-22-16(26-17)21-11-5-6-11/h1-4,7-8,11H,5-6H2,(H,21,22). The molecule has 0 bridgehead atoms. The van der Waals surface area contributed by atoms with Crippen molar-refractivity contribution in [2.24, 2.45) is 0 Å². The summed E-state index contributed by atoms with van der Waals surface area (Å²) in [5, 5.41) is 16.5. The minimum absolute atomic E-state index is 0.247. The summed E-state index contributed by atoms with van der Waals surface area (Å²) in [7, 11) is 0. The number of anilines is 1. The van der Waals surface area contributed by atoms with Crippen molar-refractivity contribution in [3.8, 4) is 11.1 Å². The lowest BCUT2D eigenvalue weighted by Crippen LogP contribution is -1.99. The molecule has 1 aromatic carbocycles. The van der Waals surface area contributed by atoms with Crippen LogP contribution in [-0.2, 0) is 0 Å². The topological polar surface area (TPSA) is 63.6 Å². The number of aromatic nitrogens is 4. The van der Waals surface area contributed by atoms with Crippen molar-refractivity contribution >= 4 is 49.8 Å². The van der Waals surface area contributed by atoms with Crippen molar-refractivity contribution in [1.29, 1.82) is 0 Å². The highest BCUT2D eigenvalue weighted by molar-refractivity contribution is 8.01. The molecule has 3 aromatic heterocycles. The Morgan fingerprint density at radius 1 is 1.12 bits per heavy atom. The molecule has 1 aliphatic carbocycles. The molecular weight excluding hydrogens is 389 g/mol. The van der Waals surface area contributed by atoms with Crippen LogP contribution in [0.5, 0.6) is 0 Å². The number of nitrogens with one attached hydrogen (secondary N) is 1. The Morgan fingerprint density at radius 3 is 2.77 bits per heavy atom. The molecule has 9 heteroatoms. The fourth-order valence-electron chi connectivity index (χ4n) is 2.56. The second kappa shape index (κ2) is 6.57. The minimum atomic E-state index is -0.247. The van der Waals surface area contributed by atoms with Crippen molar-refractivity contribution in [2.75, 3.05) is 5.32 Å². The second-order valence-corrected chi connectivity index (χ2v) is 8.98. The molecule has 5 rings (SSSR count). The lowest BCUT2D eigenvalue weighted by Gasteiger charge is -2.03. The zero-order valence-corrected chi connectivity index (χ0v) is 15.8. The summed E-state index contributed by atoms with van der Waals surface area (Å²) in [5.41, 5.74) is 1.96. The SMILES string of the molecule is Fc1ccc(-c2csc3ncnc(Sc4nnc(NC5CC5)s4)c23)cc1. The van der Waals surface area contributed by atoms with Crippen LogP contribution in [0.25, 0.3) is 21.3 Å². The van der Waals surface area contributed by atoms with Gasteiger partial charge < -0.3 is 5.32 Å². The summed E-state index contributed by atoms with van der Waals surface area (Å²) in [6.07, 6.45) is 3.97. The van der Waals surface area contributed by atoms with Crippen molar-refractivity contribution in [2.45, 2.75) is 28.2 Å². The number of halogens is 1. The Balaban J connectivity index is 1.51. The maximum Gasteiger partial charge on any atom is 0.206 e. The van der Waals surface area contributed by atoms with E-state index in [2.05, 4.69) is 25.5 Å². The van der Waals surface area contributed by atoms with E-state index in [-0.39, 0.29) is 5.82 Å². The third-order valence-corrected chi connectivity index (χ3v) is 6.78. The monoisotopic (exact) mass is 401 g/mol. The molecule has 0 amide bonds. The predicted molar refractivity (Wildman–Crippen MR) is 103 cm³/mol. The van der Waals surface area contributed by atoms with Gasteiger partial charge in [-0.25, -0.2) is 14.4 Å².